The Hall–Kier alpha value is 0.270. The average Bonchev–Trinajstić information content (AvgIpc) is 2.32. The molecule has 0 saturated carbocycles. The summed E-state index contributed by atoms with van der Waals surface area (Å²) in [5, 5.41) is 1.90. The molecule has 0 bridgehead atoms. The quantitative estimate of drug-likeness (QED) is 0.456. The van der Waals surface area contributed by atoms with E-state index in [1.165, 1.54) is 0 Å². The predicted octanol–water partition coefficient (Wildman–Crippen LogP) is 6.89. The standard InChI is InChI=1S/C13H7Br2Cl3/c14-10-3-1-2-9(13(10)18)12(15)8-5-4-7(16)6-11(8)17/h1-6,12H. The molecule has 0 aliphatic heterocycles. The molecule has 5 heteroatoms. The van der Waals surface area contributed by atoms with Gasteiger partial charge >= 0.3 is 0 Å². The summed E-state index contributed by atoms with van der Waals surface area (Å²) in [5.74, 6) is 0. The Kier molecular flexibility index (Phi) is 5.01. The van der Waals surface area contributed by atoms with Gasteiger partial charge in [0.2, 0.25) is 0 Å². The van der Waals surface area contributed by atoms with Gasteiger partial charge in [-0.05, 0) is 45.3 Å². The Bertz CT molecular complexity index is 584. The lowest BCUT2D eigenvalue weighted by molar-refractivity contribution is 1.17. The summed E-state index contributed by atoms with van der Waals surface area (Å²) < 4.78 is 0.858. The second-order valence-electron chi connectivity index (χ2n) is 3.67. The molecular weight excluding hydrogens is 422 g/mol. The van der Waals surface area contributed by atoms with Crippen LogP contribution in [0.5, 0.6) is 0 Å². The second kappa shape index (κ2) is 6.15. The van der Waals surface area contributed by atoms with Crippen molar-refractivity contribution >= 4 is 66.7 Å². The third-order valence-electron chi connectivity index (χ3n) is 2.49. The van der Waals surface area contributed by atoms with Crippen molar-refractivity contribution < 1.29 is 0 Å². The molecule has 0 aliphatic carbocycles. The van der Waals surface area contributed by atoms with E-state index in [-0.39, 0.29) is 4.83 Å². The van der Waals surface area contributed by atoms with Crippen LogP contribution < -0.4 is 0 Å². The minimum atomic E-state index is -0.0766. The highest BCUT2D eigenvalue weighted by Crippen LogP contribution is 2.41. The highest BCUT2D eigenvalue weighted by atomic mass is 79.9. The number of rotatable bonds is 2. The largest absolute Gasteiger partial charge is 0.0843 e. The van der Waals surface area contributed by atoms with Crippen molar-refractivity contribution in [3.05, 3.63) is 67.1 Å². The molecule has 1 unspecified atom stereocenters. The van der Waals surface area contributed by atoms with Crippen LogP contribution in [0.3, 0.4) is 0 Å². The van der Waals surface area contributed by atoms with Gasteiger partial charge in [-0.1, -0.05) is 68.9 Å². The molecule has 0 fully saturated rings. The van der Waals surface area contributed by atoms with Crippen molar-refractivity contribution in [2.45, 2.75) is 4.83 Å². The van der Waals surface area contributed by atoms with Gasteiger partial charge < -0.3 is 0 Å². The summed E-state index contributed by atoms with van der Waals surface area (Å²) in [6.45, 7) is 0. The number of halogens is 5. The lowest BCUT2D eigenvalue weighted by Gasteiger charge is -2.15. The Labute approximate surface area is 137 Å². The summed E-state index contributed by atoms with van der Waals surface area (Å²) >= 11 is 25.4. The first kappa shape index (κ1) is 14.7. The Morgan fingerprint density at radius 1 is 0.944 bits per heavy atom. The van der Waals surface area contributed by atoms with Crippen LogP contribution in [0.2, 0.25) is 15.1 Å². The van der Waals surface area contributed by atoms with Crippen LogP contribution in [0, 0.1) is 0 Å². The molecule has 2 aromatic carbocycles. The van der Waals surface area contributed by atoms with Crippen LogP contribution in [0.4, 0.5) is 0 Å². The van der Waals surface area contributed by atoms with Crippen molar-refractivity contribution in [1.82, 2.24) is 0 Å². The molecule has 2 rings (SSSR count). The highest BCUT2D eigenvalue weighted by Gasteiger charge is 2.17. The Morgan fingerprint density at radius 2 is 1.67 bits per heavy atom. The van der Waals surface area contributed by atoms with Gasteiger partial charge in [-0.3, -0.25) is 0 Å². The predicted molar refractivity (Wildman–Crippen MR) is 86.4 cm³/mol. The Morgan fingerprint density at radius 3 is 2.33 bits per heavy atom. The molecule has 0 amide bonds. The fraction of sp³-hybridized carbons (Fsp3) is 0.0769. The Balaban J connectivity index is 2.48. The SMILES string of the molecule is Clc1ccc(C(Br)c2cccc(Br)c2Cl)c(Cl)c1. The number of hydrogen-bond donors (Lipinski definition) is 0. The zero-order chi connectivity index (χ0) is 13.3. The molecule has 0 radical (unpaired) electrons. The molecule has 2 aromatic rings. The summed E-state index contributed by atoms with van der Waals surface area (Å²) in [4.78, 5) is -0.0766. The van der Waals surface area contributed by atoms with Gasteiger partial charge in [0.15, 0.2) is 0 Å². The molecule has 0 saturated heterocycles. The van der Waals surface area contributed by atoms with Crippen LogP contribution in [-0.2, 0) is 0 Å². The number of hydrogen-bond acceptors (Lipinski definition) is 0. The molecular formula is C13H7Br2Cl3. The molecule has 18 heavy (non-hydrogen) atoms. The molecule has 0 N–H and O–H groups in total. The van der Waals surface area contributed by atoms with E-state index in [2.05, 4.69) is 31.9 Å². The molecule has 0 spiro atoms. The second-order valence-corrected chi connectivity index (χ2v) is 6.66. The van der Waals surface area contributed by atoms with E-state index in [0.717, 1.165) is 15.6 Å². The minimum absolute atomic E-state index is 0.0766. The normalized spacial score (nSPS) is 12.5. The van der Waals surface area contributed by atoms with E-state index in [0.29, 0.717) is 15.1 Å². The van der Waals surface area contributed by atoms with Crippen molar-refractivity contribution in [2.75, 3.05) is 0 Å². The molecule has 0 aliphatic rings. The van der Waals surface area contributed by atoms with Gasteiger partial charge in [0.05, 0.1) is 9.85 Å². The third kappa shape index (κ3) is 3.05. The summed E-state index contributed by atoms with van der Waals surface area (Å²) in [6, 6.07) is 11.2. The third-order valence-corrected chi connectivity index (χ3v) is 5.35. The van der Waals surface area contributed by atoms with Gasteiger partial charge in [0.1, 0.15) is 0 Å². The summed E-state index contributed by atoms with van der Waals surface area (Å²) in [5.41, 5.74) is 1.89. The van der Waals surface area contributed by atoms with E-state index in [9.17, 15) is 0 Å². The summed E-state index contributed by atoms with van der Waals surface area (Å²) in [6.07, 6.45) is 0. The van der Waals surface area contributed by atoms with Crippen molar-refractivity contribution in [3.8, 4) is 0 Å². The van der Waals surface area contributed by atoms with Crippen LogP contribution in [0.25, 0.3) is 0 Å². The fourth-order valence-corrected chi connectivity index (χ4v) is 3.77. The lowest BCUT2D eigenvalue weighted by atomic mass is 10.0. The van der Waals surface area contributed by atoms with Gasteiger partial charge in [-0.15, -0.1) is 0 Å². The van der Waals surface area contributed by atoms with Crippen molar-refractivity contribution in [3.63, 3.8) is 0 Å². The van der Waals surface area contributed by atoms with Crippen molar-refractivity contribution in [1.29, 1.82) is 0 Å². The van der Waals surface area contributed by atoms with E-state index in [1.807, 2.05) is 30.3 Å². The maximum Gasteiger partial charge on any atom is 0.0674 e. The van der Waals surface area contributed by atoms with Gasteiger partial charge in [-0.2, -0.15) is 0 Å². The monoisotopic (exact) mass is 426 g/mol. The summed E-state index contributed by atoms with van der Waals surface area (Å²) in [7, 11) is 0. The lowest BCUT2D eigenvalue weighted by Crippen LogP contribution is -1.95. The highest BCUT2D eigenvalue weighted by molar-refractivity contribution is 9.10. The van der Waals surface area contributed by atoms with Gasteiger partial charge in [-0.25, -0.2) is 0 Å². The topological polar surface area (TPSA) is 0 Å². The molecule has 94 valence electrons. The van der Waals surface area contributed by atoms with Gasteiger partial charge in [0, 0.05) is 14.5 Å². The van der Waals surface area contributed by atoms with E-state index in [4.69, 9.17) is 34.8 Å². The van der Waals surface area contributed by atoms with Gasteiger partial charge in [0.25, 0.3) is 0 Å². The average molecular weight is 429 g/mol. The van der Waals surface area contributed by atoms with Crippen molar-refractivity contribution in [2.24, 2.45) is 0 Å². The number of alkyl halides is 1. The van der Waals surface area contributed by atoms with Crippen LogP contribution >= 0.6 is 66.7 Å². The van der Waals surface area contributed by atoms with E-state index < -0.39 is 0 Å². The first-order valence-electron chi connectivity index (χ1n) is 5.03. The minimum Gasteiger partial charge on any atom is -0.0843 e. The first-order chi connectivity index (χ1) is 8.50. The van der Waals surface area contributed by atoms with E-state index >= 15 is 0 Å². The van der Waals surface area contributed by atoms with Crippen LogP contribution in [0.15, 0.2) is 40.9 Å². The van der Waals surface area contributed by atoms with Crippen LogP contribution in [0.1, 0.15) is 16.0 Å². The number of benzene rings is 2. The zero-order valence-electron chi connectivity index (χ0n) is 8.93. The van der Waals surface area contributed by atoms with E-state index in [1.54, 1.807) is 6.07 Å². The molecule has 0 aromatic heterocycles. The maximum atomic E-state index is 6.28. The molecule has 0 heterocycles. The smallest absolute Gasteiger partial charge is 0.0674 e. The first-order valence-corrected chi connectivity index (χ1v) is 7.88. The zero-order valence-corrected chi connectivity index (χ0v) is 14.4. The molecule has 1 atom stereocenters. The molecule has 0 nitrogen and oxygen atoms in total. The maximum absolute atomic E-state index is 6.28. The fourth-order valence-electron chi connectivity index (χ4n) is 1.59. The van der Waals surface area contributed by atoms with Crippen LogP contribution in [-0.4, -0.2) is 0 Å².